The number of primary amides is 1. The third kappa shape index (κ3) is 4.31. The molecule has 0 aliphatic carbocycles. The van der Waals surface area contributed by atoms with Gasteiger partial charge in [-0.2, -0.15) is 0 Å². The first-order chi connectivity index (χ1) is 9.65. The Bertz CT molecular complexity index is 464. The summed E-state index contributed by atoms with van der Waals surface area (Å²) in [6.45, 7) is 2.08. The fourth-order valence-electron chi connectivity index (χ4n) is 2.46. The summed E-state index contributed by atoms with van der Waals surface area (Å²) in [5, 5.41) is 2.90. The van der Waals surface area contributed by atoms with Crippen LogP contribution in [-0.2, 0) is 16.1 Å². The number of amides is 2. The van der Waals surface area contributed by atoms with E-state index in [1.165, 1.54) is 0 Å². The van der Waals surface area contributed by atoms with Crippen molar-refractivity contribution in [1.82, 2.24) is 15.2 Å². The zero-order valence-electron chi connectivity index (χ0n) is 11.4. The van der Waals surface area contributed by atoms with Gasteiger partial charge in [0.2, 0.25) is 11.8 Å². The maximum absolute atomic E-state index is 12.1. The van der Waals surface area contributed by atoms with Crippen LogP contribution >= 0.6 is 0 Å². The summed E-state index contributed by atoms with van der Waals surface area (Å²) < 4.78 is 0. The maximum Gasteiger partial charge on any atom is 0.231 e. The second-order valence-electron chi connectivity index (χ2n) is 5.08. The lowest BCUT2D eigenvalue weighted by Gasteiger charge is -2.30. The van der Waals surface area contributed by atoms with Crippen LogP contribution in [0, 0.1) is 5.92 Å². The molecule has 0 spiro atoms. The minimum absolute atomic E-state index is 0.0184. The molecule has 108 valence electrons. The number of nitrogens with two attached hydrogens (primary N) is 1. The van der Waals surface area contributed by atoms with Crippen molar-refractivity contribution >= 4 is 11.8 Å². The van der Waals surface area contributed by atoms with E-state index in [1.807, 2.05) is 23.1 Å². The summed E-state index contributed by atoms with van der Waals surface area (Å²) in [6, 6.07) is 5.61. The maximum atomic E-state index is 12.1. The monoisotopic (exact) mass is 276 g/mol. The van der Waals surface area contributed by atoms with Crippen LogP contribution in [0.4, 0.5) is 0 Å². The summed E-state index contributed by atoms with van der Waals surface area (Å²) in [7, 11) is 0. The Morgan fingerprint density at radius 1 is 1.45 bits per heavy atom. The molecule has 1 aliphatic rings. The number of hydrogen-bond acceptors (Lipinski definition) is 4. The zero-order chi connectivity index (χ0) is 14.4. The predicted molar refractivity (Wildman–Crippen MR) is 74.4 cm³/mol. The van der Waals surface area contributed by atoms with E-state index in [4.69, 9.17) is 5.73 Å². The van der Waals surface area contributed by atoms with Gasteiger partial charge in [0.1, 0.15) is 0 Å². The molecule has 0 radical (unpaired) electrons. The first-order valence-electron chi connectivity index (χ1n) is 6.83. The number of likely N-dealkylation sites (tertiary alicyclic amines) is 1. The lowest BCUT2D eigenvalue weighted by Crippen LogP contribution is -2.45. The molecule has 1 aromatic heterocycles. The molecule has 1 aliphatic heterocycles. The van der Waals surface area contributed by atoms with Crippen molar-refractivity contribution in [3.63, 3.8) is 0 Å². The van der Waals surface area contributed by atoms with Crippen molar-refractivity contribution in [1.29, 1.82) is 0 Å². The van der Waals surface area contributed by atoms with E-state index in [-0.39, 0.29) is 24.3 Å². The van der Waals surface area contributed by atoms with Crippen molar-refractivity contribution in [2.45, 2.75) is 19.4 Å². The van der Waals surface area contributed by atoms with Gasteiger partial charge in [-0.25, -0.2) is 0 Å². The number of hydrogen-bond donors (Lipinski definition) is 2. The topological polar surface area (TPSA) is 88.3 Å². The van der Waals surface area contributed by atoms with Crippen LogP contribution in [0.2, 0.25) is 0 Å². The van der Waals surface area contributed by atoms with Gasteiger partial charge < -0.3 is 11.1 Å². The highest BCUT2D eigenvalue weighted by Gasteiger charge is 2.26. The Kier molecular flexibility index (Phi) is 5.06. The third-order valence-corrected chi connectivity index (χ3v) is 3.43. The first-order valence-corrected chi connectivity index (χ1v) is 6.83. The predicted octanol–water partition coefficient (Wildman–Crippen LogP) is -0.105. The Morgan fingerprint density at radius 2 is 2.30 bits per heavy atom. The van der Waals surface area contributed by atoms with Crippen molar-refractivity contribution in [2.75, 3.05) is 19.6 Å². The first kappa shape index (κ1) is 14.5. The normalized spacial score (nSPS) is 19.5. The van der Waals surface area contributed by atoms with Gasteiger partial charge in [-0.3, -0.25) is 19.5 Å². The molecule has 1 saturated heterocycles. The highest BCUT2D eigenvalue weighted by atomic mass is 16.2. The van der Waals surface area contributed by atoms with Gasteiger partial charge in [0.15, 0.2) is 0 Å². The number of carbonyl (C=O) groups excluding carboxylic acids is 2. The van der Waals surface area contributed by atoms with Crippen molar-refractivity contribution in [2.24, 2.45) is 11.7 Å². The van der Waals surface area contributed by atoms with Crippen LogP contribution in [0.3, 0.4) is 0 Å². The van der Waals surface area contributed by atoms with E-state index < -0.39 is 0 Å². The second kappa shape index (κ2) is 7.00. The molecule has 2 rings (SSSR count). The Balaban J connectivity index is 1.81. The molecule has 0 aromatic carbocycles. The molecule has 6 nitrogen and oxygen atoms in total. The molecule has 3 N–H and O–H groups in total. The van der Waals surface area contributed by atoms with Crippen molar-refractivity contribution in [3.05, 3.63) is 30.1 Å². The van der Waals surface area contributed by atoms with Gasteiger partial charge >= 0.3 is 0 Å². The van der Waals surface area contributed by atoms with Gasteiger partial charge in [-0.1, -0.05) is 6.07 Å². The Hall–Kier alpha value is -1.95. The van der Waals surface area contributed by atoms with Crippen molar-refractivity contribution in [3.8, 4) is 0 Å². The summed E-state index contributed by atoms with van der Waals surface area (Å²) in [4.78, 5) is 29.2. The molecular weight excluding hydrogens is 256 g/mol. The summed E-state index contributed by atoms with van der Waals surface area (Å²) in [6.07, 6.45) is 3.47. The van der Waals surface area contributed by atoms with Crippen LogP contribution in [-0.4, -0.2) is 41.3 Å². The number of rotatable bonds is 5. The molecule has 1 aromatic rings. The number of nitrogens with one attached hydrogen (secondary N) is 1. The minimum Gasteiger partial charge on any atom is -0.369 e. The minimum atomic E-state index is -0.348. The van der Waals surface area contributed by atoms with Crippen LogP contribution in [0.5, 0.6) is 0 Å². The largest absolute Gasteiger partial charge is 0.369 e. The number of carbonyl (C=O) groups is 2. The van der Waals surface area contributed by atoms with Gasteiger partial charge in [-0.05, 0) is 31.5 Å². The molecule has 6 heteroatoms. The van der Waals surface area contributed by atoms with Gasteiger partial charge in [0.25, 0.3) is 0 Å². The van der Waals surface area contributed by atoms with E-state index >= 15 is 0 Å². The zero-order valence-corrected chi connectivity index (χ0v) is 11.4. The number of aromatic nitrogens is 1. The number of nitrogens with zero attached hydrogens (tertiary/aromatic N) is 2. The van der Waals surface area contributed by atoms with Crippen LogP contribution < -0.4 is 11.1 Å². The standard InChI is InChI=1S/C14H20N4O2/c15-13(19)10-18-7-3-4-11(9-18)14(20)17-8-12-5-1-2-6-16-12/h1-2,5-6,11H,3-4,7-10H2,(H2,15,19)(H,17,20). The van der Waals surface area contributed by atoms with E-state index in [9.17, 15) is 9.59 Å². The van der Waals surface area contributed by atoms with E-state index in [2.05, 4.69) is 10.3 Å². The van der Waals surface area contributed by atoms with Gasteiger partial charge in [-0.15, -0.1) is 0 Å². The van der Waals surface area contributed by atoms with Crippen molar-refractivity contribution < 1.29 is 9.59 Å². The number of piperidine rings is 1. The fraction of sp³-hybridized carbons (Fsp3) is 0.500. The second-order valence-corrected chi connectivity index (χ2v) is 5.08. The van der Waals surface area contributed by atoms with E-state index in [0.717, 1.165) is 25.1 Å². The van der Waals surface area contributed by atoms with Gasteiger partial charge in [0, 0.05) is 12.7 Å². The molecule has 20 heavy (non-hydrogen) atoms. The van der Waals surface area contributed by atoms with Crippen LogP contribution in [0.1, 0.15) is 18.5 Å². The smallest absolute Gasteiger partial charge is 0.231 e. The average Bonchev–Trinajstić information content (AvgIpc) is 2.45. The third-order valence-electron chi connectivity index (χ3n) is 3.43. The molecule has 0 bridgehead atoms. The molecule has 0 saturated carbocycles. The average molecular weight is 276 g/mol. The summed E-state index contributed by atoms with van der Waals surface area (Å²) in [5.74, 6) is -0.406. The van der Waals surface area contributed by atoms with E-state index in [0.29, 0.717) is 13.1 Å². The lowest BCUT2D eigenvalue weighted by molar-refractivity contribution is -0.128. The highest BCUT2D eigenvalue weighted by Crippen LogP contribution is 2.16. The SMILES string of the molecule is NC(=O)CN1CCCC(C(=O)NCc2ccccn2)C1. The molecule has 1 fully saturated rings. The molecule has 1 unspecified atom stereocenters. The molecule has 2 amide bonds. The van der Waals surface area contributed by atoms with Crippen LogP contribution in [0.15, 0.2) is 24.4 Å². The fourth-order valence-corrected chi connectivity index (χ4v) is 2.46. The van der Waals surface area contributed by atoms with Crippen LogP contribution in [0.25, 0.3) is 0 Å². The van der Waals surface area contributed by atoms with Gasteiger partial charge in [0.05, 0.1) is 24.7 Å². The molecular formula is C14H20N4O2. The Morgan fingerprint density at radius 3 is 3.00 bits per heavy atom. The highest BCUT2D eigenvalue weighted by molar-refractivity contribution is 5.79. The number of pyridine rings is 1. The van der Waals surface area contributed by atoms with E-state index in [1.54, 1.807) is 6.20 Å². The summed E-state index contributed by atoms with van der Waals surface area (Å²) in [5.41, 5.74) is 6.03. The quantitative estimate of drug-likeness (QED) is 0.785. The molecule has 2 heterocycles. The Labute approximate surface area is 118 Å². The lowest BCUT2D eigenvalue weighted by atomic mass is 9.97. The molecule has 1 atom stereocenters. The summed E-state index contributed by atoms with van der Waals surface area (Å²) >= 11 is 0.